The summed E-state index contributed by atoms with van der Waals surface area (Å²) < 4.78 is 2.02. The van der Waals surface area contributed by atoms with Crippen molar-refractivity contribution < 1.29 is 0 Å². The molecule has 4 nitrogen and oxygen atoms in total. The van der Waals surface area contributed by atoms with Gasteiger partial charge in [0.1, 0.15) is 11.7 Å². The average Bonchev–Trinajstić information content (AvgIpc) is 2.77. The zero-order valence-electron chi connectivity index (χ0n) is 8.67. The molecule has 0 spiro atoms. The zero-order chi connectivity index (χ0) is 11.4. The molecule has 0 N–H and O–H groups in total. The van der Waals surface area contributed by atoms with E-state index in [1.807, 2.05) is 16.4 Å². The summed E-state index contributed by atoms with van der Waals surface area (Å²) in [5.74, 6) is 0. The summed E-state index contributed by atoms with van der Waals surface area (Å²) >= 11 is 1.45. The van der Waals surface area contributed by atoms with Gasteiger partial charge in [0.15, 0.2) is 0 Å². The number of nitroso groups, excluding NO2 is 1. The first-order chi connectivity index (χ1) is 7.85. The lowest BCUT2D eigenvalue weighted by atomic mass is 10.2. The van der Waals surface area contributed by atoms with Crippen LogP contribution in [0.3, 0.4) is 0 Å². The molecule has 0 radical (unpaired) electrons. The largest absolute Gasteiger partial charge is 0.229 e. The average molecular weight is 233 g/mol. The number of nitrogens with zero attached hydrogens (tertiary/aromatic N) is 3. The molecule has 1 saturated heterocycles. The molecule has 2 rings (SSSR count). The molecule has 1 atom stereocenters. The standard InChI is InChI=1S/C11H11N3OS/c12-8-9-4-3-7-14(9)16-11-6-2-1-5-10(11)13-15/h1-2,5-6,9H,3-4,7H2/t9-/m0/s1. The Morgan fingerprint density at radius 2 is 2.31 bits per heavy atom. The third-order valence-corrected chi connectivity index (χ3v) is 3.75. The number of benzene rings is 1. The monoisotopic (exact) mass is 233 g/mol. The fourth-order valence-electron chi connectivity index (χ4n) is 1.71. The molecule has 0 aliphatic carbocycles. The molecule has 1 aliphatic heterocycles. The molecular weight excluding hydrogens is 222 g/mol. The summed E-state index contributed by atoms with van der Waals surface area (Å²) in [4.78, 5) is 11.4. The molecule has 1 aromatic carbocycles. The van der Waals surface area contributed by atoms with E-state index in [0.717, 1.165) is 24.3 Å². The highest BCUT2D eigenvalue weighted by atomic mass is 32.2. The summed E-state index contributed by atoms with van der Waals surface area (Å²) in [6.07, 6.45) is 1.93. The highest BCUT2D eigenvalue weighted by molar-refractivity contribution is 7.97. The molecule has 82 valence electrons. The van der Waals surface area contributed by atoms with Crippen molar-refractivity contribution in [1.29, 1.82) is 5.26 Å². The maximum absolute atomic E-state index is 10.6. The molecule has 0 amide bonds. The van der Waals surface area contributed by atoms with Gasteiger partial charge in [0, 0.05) is 6.54 Å². The zero-order valence-corrected chi connectivity index (χ0v) is 9.48. The predicted molar refractivity (Wildman–Crippen MR) is 63.1 cm³/mol. The Morgan fingerprint density at radius 1 is 1.50 bits per heavy atom. The van der Waals surface area contributed by atoms with Crippen molar-refractivity contribution in [3.63, 3.8) is 0 Å². The third-order valence-electron chi connectivity index (χ3n) is 2.53. The summed E-state index contributed by atoms with van der Waals surface area (Å²) in [5.41, 5.74) is 0.441. The Balaban J connectivity index is 2.14. The van der Waals surface area contributed by atoms with Crippen LogP contribution in [0.5, 0.6) is 0 Å². The molecular formula is C11H11N3OS. The summed E-state index contributed by atoms with van der Waals surface area (Å²) in [5, 5.41) is 11.9. The van der Waals surface area contributed by atoms with Crippen LogP contribution in [0.25, 0.3) is 0 Å². The number of hydrogen-bond acceptors (Lipinski definition) is 5. The quantitative estimate of drug-likeness (QED) is 0.594. The van der Waals surface area contributed by atoms with E-state index < -0.39 is 0 Å². The second kappa shape index (κ2) is 5.10. The Morgan fingerprint density at radius 3 is 3.06 bits per heavy atom. The highest BCUT2D eigenvalue weighted by Crippen LogP contribution is 2.35. The van der Waals surface area contributed by atoms with Crippen LogP contribution in [0.4, 0.5) is 5.69 Å². The predicted octanol–water partition coefficient (Wildman–Crippen LogP) is 3.08. The van der Waals surface area contributed by atoms with Crippen molar-refractivity contribution >= 4 is 17.6 Å². The molecule has 1 aliphatic rings. The Kier molecular flexibility index (Phi) is 3.54. The number of rotatable bonds is 3. The van der Waals surface area contributed by atoms with Gasteiger partial charge in [-0.25, -0.2) is 4.31 Å². The fourth-order valence-corrected chi connectivity index (χ4v) is 2.81. The van der Waals surface area contributed by atoms with Gasteiger partial charge in [-0.1, -0.05) is 12.1 Å². The van der Waals surface area contributed by atoms with Crippen LogP contribution >= 0.6 is 11.9 Å². The van der Waals surface area contributed by atoms with Gasteiger partial charge in [0.2, 0.25) is 0 Å². The molecule has 0 saturated carbocycles. The lowest BCUT2D eigenvalue weighted by Gasteiger charge is -2.17. The maximum Gasteiger partial charge on any atom is 0.122 e. The number of nitriles is 1. The molecule has 5 heteroatoms. The summed E-state index contributed by atoms with van der Waals surface area (Å²) in [6.45, 7) is 0.885. The topological polar surface area (TPSA) is 56.5 Å². The van der Waals surface area contributed by atoms with Gasteiger partial charge in [-0.3, -0.25) is 0 Å². The van der Waals surface area contributed by atoms with Crippen molar-refractivity contribution in [2.45, 2.75) is 23.8 Å². The molecule has 0 bridgehead atoms. The van der Waals surface area contributed by atoms with E-state index >= 15 is 0 Å². The Bertz CT molecular complexity index is 429. The van der Waals surface area contributed by atoms with Crippen LogP contribution in [0.2, 0.25) is 0 Å². The maximum atomic E-state index is 10.6. The van der Waals surface area contributed by atoms with Crippen molar-refractivity contribution in [1.82, 2.24) is 4.31 Å². The van der Waals surface area contributed by atoms with Gasteiger partial charge < -0.3 is 0 Å². The minimum Gasteiger partial charge on any atom is -0.229 e. The van der Waals surface area contributed by atoms with Crippen molar-refractivity contribution in [2.24, 2.45) is 5.18 Å². The van der Waals surface area contributed by atoms with Crippen LogP contribution in [-0.2, 0) is 0 Å². The first-order valence-corrected chi connectivity index (χ1v) is 5.89. The smallest absolute Gasteiger partial charge is 0.122 e. The van der Waals surface area contributed by atoms with Crippen LogP contribution < -0.4 is 0 Å². The van der Waals surface area contributed by atoms with Crippen molar-refractivity contribution in [3.05, 3.63) is 29.2 Å². The van der Waals surface area contributed by atoms with E-state index in [2.05, 4.69) is 11.2 Å². The van der Waals surface area contributed by atoms with Crippen LogP contribution in [0.15, 0.2) is 34.3 Å². The van der Waals surface area contributed by atoms with E-state index in [0.29, 0.717) is 5.69 Å². The SMILES string of the molecule is N#C[C@@H]1CCCN1Sc1ccccc1N=O. The van der Waals surface area contributed by atoms with Gasteiger partial charge in [-0.2, -0.15) is 5.26 Å². The van der Waals surface area contributed by atoms with E-state index in [1.54, 1.807) is 12.1 Å². The Labute approximate surface area is 98.4 Å². The molecule has 0 aromatic heterocycles. The number of hydrogen-bond donors (Lipinski definition) is 0. The van der Waals surface area contributed by atoms with E-state index in [4.69, 9.17) is 5.26 Å². The molecule has 1 aromatic rings. The van der Waals surface area contributed by atoms with Gasteiger partial charge >= 0.3 is 0 Å². The normalized spacial score (nSPS) is 20.6. The lowest BCUT2D eigenvalue weighted by molar-refractivity contribution is 0.513. The van der Waals surface area contributed by atoms with E-state index in [-0.39, 0.29) is 6.04 Å². The molecule has 0 unspecified atom stereocenters. The Hall–Kier alpha value is -1.38. The minimum atomic E-state index is -0.0512. The van der Waals surface area contributed by atoms with Crippen molar-refractivity contribution in [3.8, 4) is 6.07 Å². The molecule has 1 fully saturated rings. The third kappa shape index (κ3) is 2.23. The molecule has 16 heavy (non-hydrogen) atoms. The van der Waals surface area contributed by atoms with Crippen LogP contribution in [0, 0.1) is 16.2 Å². The second-order valence-corrected chi connectivity index (χ2v) is 4.67. The fraction of sp³-hybridized carbons (Fsp3) is 0.364. The second-order valence-electron chi connectivity index (χ2n) is 3.58. The van der Waals surface area contributed by atoms with Gasteiger partial charge in [0.25, 0.3) is 0 Å². The lowest BCUT2D eigenvalue weighted by Crippen LogP contribution is -2.20. The molecule has 1 heterocycles. The van der Waals surface area contributed by atoms with E-state index in [9.17, 15) is 4.91 Å². The summed E-state index contributed by atoms with van der Waals surface area (Å²) in [7, 11) is 0. The first kappa shape index (κ1) is 11.1. The summed E-state index contributed by atoms with van der Waals surface area (Å²) in [6, 6.07) is 9.41. The van der Waals surface area contributed by atoms with Gasteiger partial charge in [-0.05, 0) is 42.1 Å². The minimum absolute atomic E-state index is 0.0512. The van der Waals surface area contributed by atoms with E-state index in [1.165, 1.54) is 11.9 Å². The van der Waals surface area contributed by atoms with Crippen LogP contribution in [-0.4, -0.2) is 16.9 Å². The van der Waals surface area contributed by atoms with Gasteiger partial charge in [0.05, 0.1) is 11.0 Å². The highest BCUT2D eigenvalue weighted by Gasteiger charge is 2.25. The van der Waals surface area contributed by atoms with Crippen molar-refractivity contribution in [2.75, 3.05) is 6.54 Å². The van der Waals surface area contributed by atoms with Gasteiger partial charge in [-0.15, -0.1) is 4.91 Å². The first-order valence-electron chi connectivity index (χ1n) is 5.12. The van der Waals surface area contributed by atoms with Crippen LogP contribution in [0.1, 0.15) is 12.8 Å².